The second-order valence-corrected chi connectivity index (χ2v) is 6.00. The predicted octanol–water partition coefficient (Wildman–Crippen LogP) is 2.38. The van der Waals surface area contributed by atoms with Gasteiger partial charge in [-0.3, -0.25) is 4.90 Å². The highest BCUT2D eigenvalue weighted by molar-refractivity contribution is 4.88. The number of hydrogen-bond acceptors (Lipinski definition) is 2. The van der Waals surface area contributed by atoms with Crippen LogP contribution in [0.5, 0.6) is 0 Å². The zero-order chi connectivity index (χ0) is 10.8. The summed E-state index contributed by atoms with van der Waals surface area (Å²) in [5.74, 6) is 0. The maximum atomic E-state index is 5.97. The Hall–Kier alpha value is -0.0800. The average molecular weight is 198 g/mol. The van der Waals surface area contributed by atoms with Crippen LogP contribution in [-0.2, 0) is 0 Å². The van der Waals surface area contributed by atoms with Crippen LogP contribution in [0.1, 0.15) is 53.4 Å². The molecule has 2 heteroatoms. The molecule has 84 valence electrons. The van der Waals surface area contributed by atoms with Gasteiger partial charge < -0.3 is 5.73 Å². The molecule has 0 atom stereocenters. The lowest BCUT2D eigenvalue weighted by Crippen LogP contribution is -2.40. The fourth-order valence-electron chi connectivity index (χ4n) is 2.30. The lowest BCUT2D eigenvalue weighted by Gasteiger charge is -2.32. The van der Waals surface area contributed by atoms with E-state index in [1.165, 1.54) is 32.4 Å². The van der Waals surface area contributed by atoms with Crippen LogP contribution in [-0.4, -0.2) is 29.1 Å². The summed E-state index contributed by atoms with van der Waals surface area (Å²) in [5, 5.41) is 0. The van der Waals surface area contributed by atoms with Crippen molar-refractivity contribution in [3.05, 3.63) is 0 Å². The van der Waals surface area contributed by atoms with E-state index in [4.69, 9.17) is 5.73 Å². The Balaban J connectivity index is 2.25. The van der Waals surface area contributed by atoms with Gasteiger partial charge in [0.1, 0.15) is 0 Å². The molecule has 0 radical (unpaired) electrons. The molecule has 2 N–H and O–H groups in total. The highest BCUT2D eigenvalue weighted by Gasteiger charge is 2.31. The number of nitrogens with zero attached hydrogens (tertiary/aromatic N) is 1. The SMILES string of the molecule is CC(C)(N)CCCN1CCCC1(C)C. The molecule has 1 saturated heterocycles. The molecule has 1 aliphatic heterocycles. The highest BCUT2D eigenvalue weighted by atomic mass is 15.2. The molecule has 0 aliphatic carbocycles. The van der Waals surface area contributed by atoms with Gasteiger partial charge in [0.15, 0.2) is 0 Å². The summed E-state index contributed by atoms with van der Waals surface area (Å²) in [6, 6.07) is 0. The minimum absolute atomic E-state index is 0.00384. The Bertz CT molecular complexity index is 179. The maximum Gasteiger partial charge on any atom is 0.0153 e. The molecule has 2 nitrogen and oxygen atoms in total. The first-order valence-corrected chi connectivity index (χ1v) is 5.85. The van der Waals surface area contributed by atoms with Gasteiger partial charge in [0, 0.05) is 11.1 Å². The van der Waals surface area contributed by atoms with Crippen molar-refractivity contribution >= 4 is 0 Å². The van der Waals surface area contributed by atoms with Crippen molar-refractivity contribution in [2.24, 2.45) is 5.73 Å². The van der Waals surface area contributed by atoms with Gasteiger partial charge in [-0.05, 0) is 66.5 Å². The number of nitrogens with two attached hydrogens (primary N) is 1. The number of rotatable bonds is 4. The molecule has 0 bridgehead atoms. The van der Waals surface area contributed by atoms with Crippen molar-refractivity contribution < 1.29 is 0 Å². The summed E-state index contributed by atoms with van der Waals surface area (Å²) < 4.78 is 0. The summed E-state index contributed by atoms with van der Waals surface area (Å²) in [7, 11) is 0. The summed E-state index contributed by atoms with van der Waals surface area (Å²) in [4.78, 5) is 2.61. The molecule has 0 aromatic heterocycles. The molecule has 1 aliphatic rings. The van der Waals surface area contributed by atoms with E-state index in [0.29, 0.717) is 5.54 Å². The van der Waals surface area contributed by atoms with Gasteiger partial charge in [0.2, 0.25) is 0 Å². The molecule has 0 aromatic rings. The van der Waals surface area contributed by atoms with E-state index in [9.17, 15) is 0 Å². The van der Waals surface area contributed by atoms with Crippen LogP contribution in [0.25, 0.3) is 0 Å². The zero-order valence-electron chi connectivity index (χ0n) is 10.3. The molecule has 14 heavy (non-hydrogen) atoms. The first-order chi connectivity index (χ1) is 6.31. The van der Waals surface area contributed by atoms with E-state index in [1.807, 2.05) is 0 Å². The fourth-order valence-corrected chi connectivity index (χ4v) is 2.30. The van der Waals surface area contributed by atoms with E-state index < -0.39 is 0 Å². The topological polar surface area (TPSA) is 29.3 Å². The quantitative estimate of drug-likeness (QED) is 0.751. The molecule has 0 saturated carbocycles. The molecule has 0 aromatic carbocycles. The third-order valence-electron chi connectivity index (χ3n) is 3.32. The molecule has 1 rings (SSSR count). The maximum absolute atomic E-state index is 5.97. The van der Waals surface area contributed by atoms with Crippen LogP contribution in [0.3, 0.4) is 0 Å². The van der Waals surface area contributed by atoms with Crippen molar-refractivity contribution in [1.29, 1.82) is 0 Å². The summed E-state index contributed by atoms with van der Waals surface area (Å²) >= 11 is 0. The second-order valence-electron chi connectivity index (χ2n) is 6.00. The first-order valence-electron chi connectivity index (χ1n) is 5.85. The van der Waals surface area contributed by atoms with Gasteiger partial charge in [0.05, 0.1) is 0 Å². The van der Waals surface area contributed by atoms with Crippen molar-refractivity contribution in [2.45, 2.75) is 64.5 Å². The Kier molecular flexibility index (Phi) is 3.59. The molecule has 1 heterocycles. The van der Waals surface area contributed by atoms with Gasteiger partial charge in [-0.15, -0.1) is 0 Å². The van der Waals surface area contributed by atoms with Crippen molar-refractivity contribution in [2.75, 3.05) is 13.1 Å². The van der Waals surface area contributed by atoms with Gasteiger partial charge in [-0.2, -0.15) is 0 Å². The van der Waals surface area contributed by atoms with E-state index in [0.717, 1.165) is 6.42 Å². The highest BCUT2D eigenvalue weighted by Crippen LogP contribution is 2.28. The van der Waals surface area contributed by atoms with Crippen molar-refractivity contribution in [3.63, 3.8) is 0 Å². The summed E-state index contributed by atoms with van der Waals surface area (Å²) in [5.41, 5.74) is 6.40. The van der Waals surface area contributed by atoms with Crippen LogP contribution in [0.15, 0.2) is 0 Å². The molecule has 0 unspecified atom stereocenters. The standard InChI is InChI=1S/C12H26N2/c1-11(2,13)7-5-9-14-10-6-8-12(14,3)4/h5-10,13H2,1-4H3. The van der Waals surface area contributed by atoms with Crippen molar-refractivity contribution in [1.82, 2.24) is 4.90 Å². The Labute approximate surface area is 88.8 Å². The van der Waals surface area contributed by atoms with Crippen LogP contribution in [0.2, 0.25) is 0 Å². The van der Waals surface area contributed by atoms with E-state index in [1.54, 1.807) is 0 Å². The Morgan fingerprint density at radius 3 is 2.43 bits per heavy atom. The smallest absolute Gasteiger partial charge is 0.0153 e. The minimum Gasteiger partial charge on any atom is -0.326 e. The van der Waals surface area contributed by atoms with Crippen LogP contribution in [0, 0.1) is 0 Å². The van der Waals surface area contributed by atoms with E-state index >= 15 is 0 Å². The monoisotopic (exact) mass is 198 g/mol. The molecule has 0 spiro atoms. The summed E-state index contributed by atoms with van der Waals surface area (Å²) in [6.07, 6.45) is 5.06. The first kappa shape index (κ1) is 12.0. The number of likely N-dealkylation sites (tertiary alicyclic amines) is 1. The number of hydrogen-bond donors (Lipinski definition) is 1. The third kappa shape index (κ3) is 3.58. The predicted molar refractivity (Wildman–Crippen MR) is 62.4 cm³/mol. The van der Waals surface area contributed by atoms with Gasteiger partial charge in [0.25, 0.3) is 0 Å². The molecular weight excluding hydrogens is 172 g/mol. The molecule has 1 fully saturated rings. The summed E-state index contributed by atoms with van der Waals surface area (Å²) in [6.45, 7) is 11.4. The Morgan fingerprint density at radius 2 is 2.00 bits per heavy atom. The lowest BCUT2D eigenvalue weighted by atomic mass is 9.98. The normalized spacial score (nSPS) is 22.9. The van der Waals surface area contributed by atoms with Crippen LogP contribution < -0.4 is 5.73 Å². The van der Waals surface area contributed by atoms with E-state index in [-0.39, 0.29) is 5.54 Å². The molecule has 0 amide bonds. The van der Waals surface area contributed by atoms with Crippen LogP contribution >= 0.6 is 0 Å². The molecular formula is C12H26N2. The Morgan fingerprint density at radius 1 is 1.36 bits per heavy atom. The largest absolute Gasteiger partial charge is 0.326 e. The third-order valence-corrected chi connectivity index (χ3v) is 3.32. The van der Waals surface area contributed by atoms with Gasteiger partial charge in [-0.1, -0.05) is 0 Å². The fraction of sp³-hybridized carbons (Fsp3) is 1.00. The van der Waals surface area contributed by atoms with E-state index in [2.05, 4.69) is 32.6 Å². The minimum atomic E-state index is 0.00384. The second kappa shape index (κ2) is 4.19. The van der Waals surface area contributed by atoms with Gasteiger partial charge in [-0.25, -0.2) is 0 Å². The van der Waals surface area contributed by atoms with Crippen LogP contribution in [0.4, 0.5) is 0 Å². The average Bonchev–Trinajstić information content (AvgIpc) is 2.28. The van der Waals surface area contributed by atoms with Gasteiger partial charge >= 0.3 is 0 Å². The lowest BCUT2D eigenvalue weighted by molar-refractivity contribution is 0.168. The van der Waals surface area contributed by atoms with Crippen molar-refractivity contribution in [3.8, 4) is 0 Å². The zero-order valence-corrected chi connectivity index (χ0v) is 10.3.